The molecule has 0 aromatic carbocycles. The molecule has 0 saturated carbocycles. The quantitative estimate of drug-likeness (QED) is 0.370. The summed E-state index contributed by atoms with van der Waals surface area (Å²) in [7, 11) is 1.61. The standard InChI is InChI=1S/C16H30F3N5O2/c1-15(2,3)26-14(25)22-7-6-21-13(20-4)23-9-12-5-8-24(10-12)11-16(17,18)19/h12H,5-11H2,1-4H3,(H,22,25)(H2,20,21,23). The van der Waals surface area contributed by atoms with E-state index in [1.165, 1.54) is 4.90 Å². The van der Waals surface area contributed by atoms with Crippen LogP contribution in [0.25, 0.3) is 0 Å². The number of halogens is 3. The highest BCUT2D eigenvalue weighted by Crippen LogP contribution is 2.22. The molecule has 0 aromatic heterocycles. The number of ether oxygens (including phenoxy) is 1. The Morgan fingerprint density at radius 2 is 1.85 bits per heavy atom. The molecule has 0 aromatic rings. The average molecular weight is 381 g/mol. The lowest BCUT2D eigenvalue weighted by atomic mass is 10.1. The number of amides is 1. The van der Waals surface area contributed by atoms with Crippen molar-refractivity contribution in [1.82, 2.24) is 20.9 Å². The number of alkyl carbamates (subject to hydrolysis) is 1. The van der Waals surface area contributed by atoms with E-state index in [9.17, 15) is 18.0 Å². The molecule has 1 aliphatic heterocycles. The van der Waals surface area contributed by atoms with Crippen molar-refractivity contribution in [2.24, 2.45) is 10.9 Å². The Hall–Kier alpha value is -1.71. The van der Waals surface area contributed by atoms with Gasteiger partial charge in [0.1, 0.15) is 5.60 Å². The normalized spacial score (nSPS) is 19.3. The van der Waals surface area contributed by atoms with Gasteiger partial charge in [0.05, 0.1) is 6.54 Å². The molecule has 0 spiro atoms. The highest BCUT2D eigenvalue weighted by atomic mass is 19.4. The zero-order valence-corrected chi connectivity index (χ0v) is 15.9. The predicted molar refractivity (Wildman–Crippen MR) is 94.2 cm³/mol. The fourth-order valence-electron chi connectivity index (χ4n) is 2.60. The van der Waals surface area contributed by atoms with E-state index in [0.29, 0.717) is 38.7 Å². The predicted octanol–water partition coefficient (Wildman–Crippen LogP) is 1.56. The van der Waals surface area contributed by atoms with Crippen LogP contribution in [0, 0.1) is 5.92 Å². The van der Waals surface area contributed by atoms with Gasteiger partial charge in [-0.05, 0) is 39.7 Å². The van der Waals surface area contributed by atoms with Gasteiger partial charge in [0, 0.05) is 33.2 Å². The summed E-state index contributed by atoms with van der Waals surface area (Å²) in [5, 5.41) is 8.77. The third-order valence-corrected chi connectivity index (χ3v) is 3.64. The van der Waals surface area contributed by atoms with Crippen LogP contribution in [0.2, 0.25) is 0 Å². The highest BCUT2D eigenvalue weighted by molar-refractivity contribution is 5.79. The maximum atomic E-state index is 12.4. The van der Waals surface area contributed by atoms with Crippen molar-refractivity contribution in [3.63, 3.8) is 0 Å². The molecular formula is C16H30F3N5O2. The van der Waals surface area contributed by atoms with Crippen molar-refractivity contribution in [2.75, 3.05) is 46.3 Å². The number of nitrogens with zero attached hydrogens (tertiary/aromatic N) is 2. The molecule has 0 aliphatic carbocycles. The molecule has 7 nitrogen and oxygen atoms in total. The van der Waals surface area contributed by atoms with E-state index in [-0.39, 0.29) is 5.92 Å². The number of hydrogen-bond acceptors (Lipinski definition) is 4. The minimum atomic E-state index is -4.15. The molecule has 1 atom stereocenters. The molecule has 26 heavy (non-hydrogen) atoms. The van der Waals surface area contributed by atoms with Gasteiger partial charge in [0.2, 0.25) is 0 Å². The number of aliphatic imine (C=N–C) groups is 1. The Bertz CT molecular complexity index is 477. The van der Waals surface area contributed by atoms with E-state index in [0.717, 1.165) is 6.42 Å². The second-order valence-corrected chi connectivity index (χ2v) is 7.31. The summed E-state index contributed by atoms with van der Waals surface area (Å²) in [6.07, 6.45) is -3.92. The number of nitrogens with one attached hydrogen (secondary N) is 3. The Morgan fingerprint density at radius 1 is 1.19 bits per heavy atom. The highest BCUT2D eigenvalue weighted by Gasteiger charge is 2.34. The third kappa shape index (κ3) is 10.3. The Kier molecular flexibility index (Phi) is 8.45. The van der Waals surface area contributed by atoms with Crippen molar-refractivity contribution < 1.29 is 22.7 Å². The van der Waals surface area contributed by atoms with E-state index in [4.69, 9.17) is 4.74 Å². The number of likely N-dealkylation sites (tertiary alicyclic amines) is 1. The van der Waals surface area contributed by atoms with Crippen LogP contribution in [0.15, 0.2) is 4.99 Å². The minimum absolute atomic E-state index is 0.149. The van der Waals surface area contributed by atoms with Gasteiger partial charge >= 0.3 is 12.3 Å². The monoisotopic (exact) mass is 381 g/mol. The summed E-state index contributed by atoms with van der Waals surface area (Å²) < 4.78 is 42.3. The zero-order valence-electron chi connectivity index (χ0n) is 15.9. The summed E-state index contributed by atoms with van der Waals surface area (Å²) >= 11 is 0. The first-order chi connectivity index (χ1) is 12.0. The molecule has 1 amide bonds. The van der Waals surface area contributed by atoms with Crippen molar-refractivity contribution in [1.29, 1.82) is 0 Å². The van der Waals surface area contributed by atoms with Gasteiger partial charge in [-0.15, -0.1) is 0 Å². The van der Waals surface area contributed by atoms with Gasteiger partial charge in [-0.2, -0.15) is 13.2 Å². The molecule has 0 radical (unpaired) electrons. The summed E-state index contributed by atoms with van der Waals surface area (Å²) in [6, 6.07) is 0. The largest absolute Gasteiger partial charge is 0.444 e. The molecule has 10 heteroatoms. The zero-order chi connectivity index (χ0) is 19.8. The van der Waals surface area contributed by atoms with Gasteiger partial charge in [0.25, 0.3) is 0 Å². The lowest BCUT2D eigenvalue weighted by Gasteiger charge is -2.20. The van der Waals surface area contributed by atoms with Crippen molar-refractivity contribution in [3.05, 3.63) is 0 Å². The lowest BCUT2D eigenvalue weighted by Crippen LogP contribution is -2.44. The van der Waals surface area contributed by atoms with Gasteiger partial charge in [-0.3, -0.25) is 9.89 Å². The molecule has 1 rings (SSSR count). The van der Waals surface area contributed by atoms with Crippen LogP contribution in [0.1, 0.15) is 27.2 Å². The molecule has 1 fully saturated rings. The van der Waals surface area contributed by atoms with Crippen molar-refractivity contribution in [2.45, 2.75) is 39.0 Å². The molecule has 1 saturated heterocycles. The van der Waals surface area contributed by atoms with Crippen LogP contribution in [-0.2, 0) is 4.74 Å². The molecular weight excluding hydrogens is 351 g/mol. The molecule has 1 unspecified atom stereocenters. The van der Waals surface area contributed by atoms with Gasteiger partial charge < -0.3 is 20.7 Å². The van der Waals surface area contributed by atoms with Gasteiger partial charge in [-0.25, -0.2) is 4.79 Å². The molecule has 1 aliphatic rings. The van der Waals surface area contributed by atoms with Crippen LogP contribution in [0.4, 0.5) is 18.0 Å². The summed E-state index contributed by atoms with van der Waals surface area (Å²) in [5.41, 5.74) is -0.545. The number of alkyl halides is 3. The third-order valence-electron chi connectivity index (χ3n) is 3.64. The summed E-state index contributed by atoms with van der Waals surface area (Å²) in [6.45, 7) is 6.74. The number of rotatable bonds is 6. The number of guanidine groups is 1. The fraction of sp³-hybridized carbons (Fsp3) is 0.875. The summed E-state index contributed by atoms with van der Waals surface area (Å²) in [4.78, 5) is 17.0. The van der Waals surface area contributed by atoms with E-state index in [1.807, 2.05) is 0 Å². The van der Waals surface area contributed by atoms with Crippen LogP contribution >= 0.6 is 0 Å². The van der Waals surface area contributed by atoms with Crippen LogP contribution in [0.3, 0.4) is 0 Å². The lowest BCUT2D eigenvalue weighted by molar-refractivity contribution is -0.143. The van der Waals surface area contributed by atoms with Crippen LogP contribution in [-0.4, -0.2) is 75.0 Å². The second kappa shape index (κ2) is 9.84. The van der Waals surface area contributed by atoms with Crippen molar-refractivity contribution in [3.8, 4) is 0 Å². The first kappa shape index (κ1) is 22.3. The second-order valence-electron chi connectivity index (χ2n) is 7.31. The molecule has 3 N–H and O–H groups in total. The minimum Gasteiger partial charge on any atom is -0.444 e. The Morgan fingerprint density at radius 3 is 2.42 bits per heavy atom. The molecule has 1 heterocycles. The molecule has 152 valence electrons. The topological polar surface area (TPSA) is 78.0 Å². The molecule has 0 bridgehead atoms. The van der Waals surface area contributed by atoms with Crippen molar-refractivity contribution >= 4 is 12.1 Å². The van der Waals surface area contributed by atoms with Crippen LogP contribution in [0.5, 0.6) is 0 Å². The van der Waals surface area contributed by atoms with Gasteiger partial charge in [-0.1, -0.05) is 0 Å². The van der Waals surface area contributed by atoms with Gasteiger partial charge in [0.15, 0.2) is 5.96 Å². The fourth-order valence-corrected chi connectivity index (χ4v) is 2.60. The van der Waals surface area contributed by atoms with E-state index >= 15 is 0 Å². The number of carbonyl (C=O) groups excluding carboxylic acids is 1. The SMILES string of the molecule is CN=C(NCCNC(=O)OC(C)(C)C)NCC1CCN(CC(F)(F)F)C1. The first-order valence-corrected chi connectivity index (χ1v) is 8.69. The maximum absolute atomic E-state index is 12.4. The summed E-state index contributed by atoms with van der Waals surface area (Å²) in [5.74, 6) is 0.695. The smallest absolute Gasteiger partial charge is 0.407 e. The van der Waals surface area contributed by atoms with E-state index < -0.39 is 24.4 Å². The van der Waals surface area contributed by atoms with Crippen LogP contribution < -0.4 is 16.0 Å². The average Bonchev–Trinajstić information content (AvgIpc) is 2.90. The van der Waals surface area contributed by atoms with E-state index in [1.54, 1.807) is 27.8 Å². The van der Waals surface area contributed by atoms with E-state index in [2.05, 4.69) is 20.9 Å². The number of hydrogen-bond donors (Lipinski definition) is 3. The first-order valence-electron chi connectivity index (χ1n) is 8.69. The Labute approximate surface area is 152 Å². The maximum Gasteiger partial charge on any atom is 0.407 e. The Balaban J connectivity index is 2.19. The number of carbonyl (C=O) groups is 1.